The Balaban J connectivity index is 1.50. The van der Waals surface area contributed by atoms with Crippen molar-refractivity contribution in [2.45, 2.75) is 58.0 Å². The minimum atomic E-state index is -3.00. The van der Waals surface area contributed by atoms with Crippen molar-refractivity contribution in [2.75, 3.05) is 24.6 Å². The van der Waals surface area contributed by atoms with Gasteiger partial charge in [-0.1, -0.05) is 20.8 Å². The van der Waals surface area contributed by atoms with Gasteiger partial charge in [0.15, 0.2) is 9.84 Å². The van der Waals surface area contributed by atoms with E-state index in [-0.39, 0.29) is 34.6 Å². The molecule has 156 valence electrons. The maximum atomic E-state index is 12.4. The van der Waals surface area contributed by atoms with Crippen LogP contribution in [0.2, 0.25) is 0 Å². The molecular weight excluding hydrogens is 380 g/mol. The molecule has 0 aromatic carbocycles. The average molecular weight is 411 g/mol. The molecule has 2 amide bonds. The van der Waals surface area contributed by atoms with Gasteiger partial charge in [-0.25, -0.2) is 18.2 Å². The molecule has 0 bridgehead atoms. The topological polar surface area (TPSA) is 101 Å². The highest BCUT2D eigenvalue weighted by Gasteiger charge is 2.31. The van der Waals surface area contributed by atoms with Gasteiger partial charge in [-0.05, 0) is 25.2 Å². The zero-order chi connectivity index (χ0) is 20.5. The van der Waals surface area contributed by atoms with Crippen molar-refractivity contribution in [3.63, 3.8) is 0 Å². The Labute approximate surface area is 166 Å². The van der Waals surface area contributed by atoms with Crippen LogP contribution in [0.4, 0.5) is 4.79 Å². The average Bonchev–Trinajstić information content (AvgIpc) is 2.95. The Morgan fingerprint density at radius 3 is 2.46 bits per heavy atom. The van der Waals surface area contributed by atoms with E-state index in [4.69, 9.17) is 0 Å². The van der Waals surface area contributed by atoms with Gasteiger partial charge in [-0.2, -0.15) is 0 Å². The zero-order valence-corrected chi connectivity index (χ0v) is 17.7. The van der Waals surface area contributed by atoms with Crippen molar-refractivity contribution >= 4 is 15.9 Å². The summed E-state index contributed by atoms with van der Waals surface area (Å²) < 4.78 is 24.7. The van der Waals surface area contributed by atoms with Gasteiger partial charge >= 0.3 is 6.03 Å². The van der Waals surface area contributed by atoms with Gasteiger partial charge in [0.2, 0.25) is 0 Å². The third kappa shape index (κ3) is 5.12. The Hall–Kier alpha value is -1.90. The van der Waals surface area contributed by atoms with Gasteiger partial charge in [0.05, 0.1) is 23.5 Å². The Morgan fingerprint density at radius 1 is 1.25 bits per heavy atom. The number of hydrogen-bond donors (Lipinski definition) is 1. The number of likely N-dealkylation sites (tertiary alicyclic amines) is 1. The lowest BCUT2D eigenvalue weighted by molar-refractivity contribution is 0.162. The molecule has 0 aliphatic carbocycles. The molecule has 3 heterocycles. The first-order valence-electron chi connectivity index (χ1n) is 9.86. The van der Waals surface area contributed by atoms with E-state index >= 15 is 0 Å². The number of aromatic nitrogens is 2. The predicted molar refractivity (Wildman–Crippen MR) is 107 cm³/mol. The van der Waals surface area contributed by atoms with E-state index in [1.54, 1.807) is 21.9 Å². The van der Waals surface area contributed by atoms with Crippen LogP contribution in [0.5, 0.6) is 0 Å². The van der Waals surface area contributed by atoms with E-state index in [9.17, 15) is 18.0 Å². The van der Waals surface area contributed by atoms with E-state index in [2.05, 4.69) is 10.3 Å². The molecule has 1 unspecified atom stereocenters. The number of nitrogens with zero attached hydrogens (tertiary/aromatic N) is 3. The summed E-state index contributed by atoms with van der Waals surface area (Å²) in [5, 5.41) is 2.84. The number of carbonyl (C=O) groups excluding carboxylic acids is 1. The van der Waals surface area contributed by atoms with Crippen molar-refractivity contribution in [1.82, 2.24) is 19.8 Å². The molecular formula is C19H30N4O4S. The van der Waals surface area contributed by atoms with Crippen LogP contribution in [0, 0.1) is 5.92 Å². The molecule has 2 saturated heterocycles. The third-order valence-corrected chi connectivity index (χ3v) is 7.33. The van der Waals surface area contributed by atoms with Crippen LogP contribution in [0.1, 0.15) is 45.7 Å². The molecule has 1 aromatic heterocycles. The minimum absolute atomic E-state index is 0.0374. The summed E-state index contributed by atoms with van der Waals surface area (Å²) in [4.78, 5) is 30.9. The fourth-order valence-corrected chi connectivity index (χ4v) is 5.42. The number of sulfone groups is 1. The highest BCUT2D eigenvalue weighted by molar-refractivity contribution is 7.91. The lowest BCUT2D eigenvalue weighted by atomic mass is 9.92. The van der Waals surface area contributed by atoms with Crippen LogP contribution in [0.3, 0.4) is 0 Å². The van der Waals surface area contributed by atoms with Crippen molar-refractivity contribution in [3.05, 3.63) is 28.4 Å². The highest BCUT2D eigenvalue weighted by Crippen LogP contribution is 2.21. The van der Waals surface area contributed by atoms with Crippen molar-refractivity contribution in [2.24, 2.45) is 5.92 Å². The minimum Gasteiger partial charge on any atom is -0.334 e. The van der Waals surface area contributed by atoms with Gasteiger partial charge < -0.3 is 10.2 Å². The second-order valence-corrected chi connectivity index (χ2v) is 11.2. The molecule has 3 rings (SSSR count). The number of urea groups is 1. The van der Waals surface area contributed by atoms with Gasteiger partial charge in [0.1, 0.15) is 0 Å². The second kappa shape index (κ2) is 7.85. The lowest BCUT2D eigenvalue weighted by Crippen LogP contribution is -2.48. The smallest absolute Gasteiger partial charge is 0.317 e. The predicted octanol–water partition coefficient (Wildman–Crippen LogP) is 1.15. The Kier molecular flexibility index (Phi) is 5.84. The number of hydrogen-bond acceptors (Lipinski definition) is 5. The Morgan fingerprint density at radius 2 is 1.93 bits per heavy atom. The zero-order valence-electron chi connectivity index (χ0n) is 16.8. The molecule has 1 N–H and O–H groups in total. The first-order chi connectivity index (χ1) is 13.0. The van der Waals surface area contributed by atoms with Crippen molar-refractivity contribution < 1.29 is 13.2 Å². The number of carbonyl (C=O) groups is 1. The second-order valence-electron chi connectivity index (χ2n) is 8.99. The van der Waals surface area contributed by atoms with Crippen LogP contribution in [-0.4, -0.2) is 59.5 Å². The highest BCUT2D eigenvalue weighted by atomic mass is 32.2. The van der Waals surface area contributed by atoms with Crippen molar-refractivity contribution in [3.8, 4) is 0 Å². The number of amides is 2. The number of piperidine rings is 1. The summed E-state index contributed by atoms with van der Waals surface area (Å²) in [5.41, 5.74) is 0.590. The molecule has 2 fully saturated rings. The van der Waals surface area contributed by atoms with Crippen LogP contribution in [0.25, 0.3) is 0 Å². The van der Waals surface area contributed by atoms with Crippen LogP contribution in [0.15, 0.2) is 17.2 Å². The fourth-order valence-electron chi connectivity index (χ4n) is 3.74. The molecule has 0 radical (unpaired) electrons. The van der Waals surface area contributed by atoms with Gasteiger partial charge in [-0.3, -0.25) is 9.36 Å². The standard InChI is InChI=1S/C19H30N4O4S/c1-19(2,3)16-10-17(24)23(13-20-16)11-14-4-7-22(8-5-14)18(25)21-15-6-9-28(26,27)12-15/h10,13-15H,4-9,11-12H2,1-3H3,(H,21,25). The molecule has 0 spiro atoms. The van der Waals surface area contributed by atoms with Crippen LogP contribution in [-0.2, 0) is 21.8 Å². The summed E-state index contributed by atoms with van der Waals surface area (Å²) in [5.74, 6) is 0.503. The SMILES string of the molecule is CC(C)(C)c1cc(=O)n(CC2CCN(C(=O)NC3CCS(=O)(=O)C3)CC2)cn1. The molecule has 8 nitrogen and oxygen atoms in total. The van der Waals surface area contributed by atoms with E-state index in [0.29, 0.717) is 32.0 Å². The maximum absolute atomic E-state index is 12.4. The quantitative estimate of drug-likeness (QED) is 0.805. The molecule has 2 aliphatic heterocycles. The van der Waals surface area contributed by atoms with E-state index in [0.717, 1.165) is 18.5 Å². The summed E-state index contributed by atoms with van der Waals surface area (Å²) in [6.07, 6.45) is 3.74. The monoisotopic (exact) mass is 410 g/mol. The molecule has 28 heavy (non-hydrogen) atoms. The normalized spacial score (nSPS) is 23.0. The summed E-state index contributed by atoms with van der Waals surface area (Å²) >= 11 is 0. The number of rotatable bonds is 3. The van der Waals surface area contributed by atoms with E-state index in [1.807, 2.05) is 20.8 Å². The molecule has 0 saturated carbocycles. The summed E-state index contributed by atoms with van der Waals surface area (Å²) in [7, 11) is -3.00. The van der Waals surface area contributed by atoms with Gasteiger partial charge in [0, 0.05) is 37.2 Å². The first kappa shape index (κ1) is 20.8. The van der Waals surface area contributed by atoms with Crippen LogP contribution < -0.4 is 10.9 Å². The summed E-state index contributed by atoms with van der Waals surface area (Å²) in [6, 6.07) is 1.15. The first-order valence-corrected chi connectivity index (χ1v) is 11.7. The summed E-state index contributed by atoms with van der Waals surface area (Å²) in [6.45, 7) is 7.91. The van der Waals surface area contributed by atoms with E-state index < -0.39 is 9.84 Å². The van der Waals surface area contributed by atoms with E-state index in [1.165, 1.54) is 0 Å². The fraction of sp³-hybridized carbons (Fsp3) is 0.737. The van der Waals surface area contributed by atoms with Gasteiger partial charge in [0.25, 0.3) is 5.56 Å². The largest absolute Gasteiger partial charge is 0.334 e. The molecule has 9 heteroatoms. The molecule has 1 atom stereocenters. The third-order valence-electron chi connectivity index (χ3n) is 5.56. The van der Waals surface area contributed by atoms with Crippen LogP contribution >= 0.6 is 0 Å². The molecule has 1 aromatic rings. The van der Waals surface area contributed by atoms with Gasteiger partial charge in [-0.15, -0.1) is 0 Å². The number of nitrogens with one attached hydrogen (secondary N) is 1. The molecule has 2 aliphatic rings. The van der Waals surface area contributed by atoms with Crippen molar-refractivity contribution in [1.29, 1.82) is 0 Å². The lowest BCUT2D eigenvalue weighted by Gasteiger charge is -2.33. The maximum Gasteiger partial charge on any atom is 0.317 e. The Bertz CT molecular complexity index is 880.